The Hall–Kier alpha value is -1.77. The first-order valence-electron chi connectivity index (χ1n) is 5.60. The number of phenols is 1. The number of phenolic OH excluding ortho intramolecular Hbond substituents is 1. The van der Waals surface area contributed by atoms with Crippen molar-refractivity contribution < 1.29 is 9.90 Å². The van der Waals surface area contributed by atoms with E-state index in [0.29, 0.717) is 0 Å². The molecule has 17 heavy (non-hydrogen) atoms. The van der Waals surface area contributed by atoms with Crippen LogP contribution in [0.5, 0.6) is 5.75 Å². The van der Waals surface area contributed by atoms with E-state index < -0.39 is 0 Å². The first-order chi connectivity index (χ1) is 7.97. The van der Waals surface area contributed by atoms with Crippen molar-refractivity contribution in [1.29, 1.82) is 0 Å². The van der Waals surface area contributed by atoms with E-state index in [-0.39, 0.29) is 23.5 Å². The molecule has 0 radical (unpaired) electrons. The van der Waals surface area contributed by atoms with Crippen LogP contribution in [-0.4, -0.2) is 30.0 Å². The molecule has 92 valence electrons. The SMILES string of the molecule is C=CC(c1cccc(O)c1)C(C)C(=O)N(C)C. The lowest BCUT2D eigenvalue weighted by Gasteiger charge is -2.23. The van der Waals surface area contributed by atoms with Gasteiger partial charge in [0, 0.05) is 25.9 Å². The Morgan fingerprint density at radius 1 is 1.47 bits per heavy atom. The first kappa shape index (κ1) is 13.3. The van der Waals surface area contributed by atoms with Crippen molar-refractivity contribution in [3.63, 3.8) is 0 Å². The van der Waals surface area contributed by atoms with Crippen LogP contribution >= 0.6 is 0 Å². The van der Waals surface area contributed by atoms with E-state index in [1.807, 2.05) is 13.0 Å². The molecule has 1 rings (SSSR count). The van der Waals surface area contributed by atoms with Crippen molar-refractivity contribution >= 4 is 5.91 Å². The number of amides is 1. The van der Waals surface area contributed by atoms with Gasteiger partial charge in [-0.1, -0.05) is 25.1 Å². The van der Waals surface area contributed by atoms with E-state index in [1.165, 1.54) is 0 Å². The van der Waals surface area contributed by atoms with Crippen LogP contribution in [0, 0.1) is 5.92 Å². The third kappa shape index (κ3) is 3.09. The van der Waals surface area contributed by atoms with E-state index in [2.05, 4.69) is 6.58 Å². The molecular formula is C14H19NO2. The molecule has 0 saturated carbocycles. The maximum Gasteiger partial charge on any atom is 0.225 e. The number of carbonyl (C=O) groups excluding carboxylic acids is 1. The minimum Gasteiger partial charge on any atom is -0.508 e. The fourth-order valence-corrected chi connectivity index (χ4v) is 1.92. The summed E-state index contributed by atoms with van der Waals surface area (Å²) < 4.78 is 0. The smallest absolute Gasteiger partial charge is 0.225 e. The van der Waals surface area contributed by atoms with Gasteiger partial charge < -0.3 is 10.0 Å². The van der Waals surface area contributed by atoms with Gasteiger partial charge in [0.05, 0.1) is 0 Å². The number of benzene rings is 1. The zero-order chi connectivity index (χ0) is 13.0. The van der Waals surface area contributed by atoms with E-state index in [4.69, 9.17) is 0 Å². The molecule has 1 aromatic carbocycles. The molecule has 3 heteroatoms. The normalized spacial score (nSPS) is 13.8. The predicted octanol–water partition coefficient (Wildman–Crippen LogP) is 2.39. The standard InChI is InChI=1S/C14H19NO2/c1-5-13(10(2)14(17)15(3)4)11-7-6-8-12(16)9-11/h5-10,13,16H,1H2,2-4H3. The average Bonchev–Trinajstić information content (AvgIpc) is 2.28. The molecule has 0 fully saturated rings. The van der Waals surface area contributed by atoms with Gasteiger partial charge in [-0.3, -0.25) is 4.79 Å². The van der Waals surface area contributed by atoms with Gasteiger partial charge in [-0.2, -0.15) is 0 Å². The quantitative estimate of drug-likeness (QED) is 0.811. The topological polar surface area (TPSA) is 40.5 Å². The maximum absolute atomic E-state index is 11.9. The van der Waals surface area contributed by atoms with Gasteiger partial charge in [-0.25, -0.2) is 0 Å². The van der Waals surface area contributed by atoms with E-state index in [0.717, 1.165) is 5.56 Å². The minimum absolute atomic E-state index is 0.0539. The molecule has 0 spiro atoms. The van der Waals surface area contributed by atoms with Crippen molar-refractivity contribution in [2.24, 2.45) is 5.92 Å². The lowest BCUT2D eigenvalue weighted by Crippen LogP contribution is -2.31. The number of allylic oxidation sites excluding steroid dienone is 1. The zero-order valence-corrected chi connectivity index (χ0v) is 10.6. The molecule has 1 N–H and O–H groups in total. The molecule has 0 aliphatic rings. The fourth-order valence-electron chi connectivity index (χ4n) is 1.92. The Bertz CT molecular complexity index is 412. The third-order valence-electron chi connectivity index (χ3n) is 2.88. The summed E-state index contributed by atoms with van der Waals surface area (Å²) in [5, 5.41) is 9.46. The van der Waals surface area contributed by atoms with Crippen molar-refractivity contribution in [2.45, 2.75) is 12.8 Å². The van der Waals surface area contributed by atoms with Crippen LogP contribution in [0.15, 0.2) is 36.9 Å². The average molecular weight is 233 g/mol. The van der Waals surface area contributed by atoms with E-state index >= 15 is 0 Å². The highest BCUT2D eigenvalue weighted by atomic mass is 16.3. The first-order valence-corrected chi connectivity index (χ1v) is 5.60. The molecule has 0 bridgehead atoms. The summed E-state index contributed by atoms with van der Waals surface area (Å²) >= 11 is 0. The Balaban J connectivity index is 2.99. The maximum atomic E-state index is 11.9. The second kappa shape index (κ2) is 5.53. The van der Waals surface area contributed by atoms with Crippen LogP contribution in [0.4, 0.5) is 0 Å². The number of aromatic hydroxyl groups is 1. The van der Waals surface area contributed by atoms with Crippen molar-refractivity contribution in [3.05, 3.63) is 42.5 Å². The molecule has 2 atom stereocenters. The molecule has 0 saturated heterocycles. The number of carbonyl (C=O) groups is 1. The van der Waals surface area contributed by atoms with Crippen molar-refractivity contribution in [3.8, 4) is 5.75 Å². The summed E-state index contributed by atoms with van der Waals surface area (Å²) in [7, 11) is 3.48. The highest BCUT2D eigenvalue weighted by molar-refractivity contribution is 5.79. The summed E-state index contributed by atoms with van der Waals surface area (Å²) in [6.07, 6.45) is 1.75. The molecule has 3 nitrogen and oxygen atoms in total. The molecule has 0 heterocycles. The van der Waals surface area contributed by atoms with Gasteiger partial charge in [0.25, 0.3) is 0 Å². The number of hydrogen-bond acceptors (Lipinski definition) is 2. The Labute approximate surface area is 102 Å². The second-order valence-corrected chi connectivity index (χ2v) is 4.38. The third-order valence-corrected chi connectivity index (χ3v) is 2.88. The van der Waals surface area contributed by atoms with Gasteiger partial charge in [0.15, 0.2) is 0 Å². The summed E-state index contributed by atoms with van der Waals surface area (Å²) in [6, 6.07) is 6.95. The molecule has 0 aromatic heterocycles. The summed E-state index contributed by atoms with van der Waals surface area (Å²) in [4.78, 5) is 13.5. The molecule has 2 unspecified atom stereocenters. The lowest BCUT2D eigenvalue weighted by atomic mass is 9.86. The van der Waals surface area contributed by atoms with Crippen molar-refractivity contribution in [2.75, 3.05) is 14.1 Å². The van der Waals surface area contributed by atoms with Gasteiger partial charge in [-0.05, 0) is 17.7 Å². The summed E-state index contributed by atoms with van der Waals surface area (Å²) in [5.41, 5.74) is 0.905. The Morgan fingerprint density at radius 3 is 2.59 bits per heavy atom. The second-order valence-electron chi connectivity index (χ2n) is 4.38. The fraction of sp³-hybridized carbons (Fsp3) is 0.357. The molecule has 0 aliphatic heterocycles. The van der Waals surface area contributed by atoms with Crippen LogP contribution < -0.4 is 0 Å². The number of nitrogens with zero attached hydrogens (tertiary/aromatic N) is 1. The largest absolute Gasteiger partial charge is 0.508 e. The van der Waals surface area contributed by atoms with Crippen LogP contribution in [0.1, 0.15) is 18.4 Å². The highest BCUT2D eigenvalue weighted by Crippen LogP contribution is 2.28. The molecule has 1 amide bonds. The molecule has 1 aromatic rings. The Morgan fingerprint density at radius 2 is 2.12 bits per heavy atom. The monoisotopic (exact) mass is 233 g/mol. The predicted molar refractivity (Wildman–Crippen MR) is 68.9 cm³/mol. The van der Waals surface area contributed by atoms with E-state index in [9.17, 15) is 9.90 Å². The highest BCUT2D eigenvalue weighted by Gasteiger charge is 2.24. The van der Waals surface area contributed by atoms with Gasteiger partial charge in [0.2, 0.25) is 5.91 Å². The van der Waals surface area contributed by atoms with Gasteiger partial charge >= 0.3 is 0 Å². The molecule has 0 aliphatic carbocycles. The number of hydrogen-bond donors (Lipinski definition) is 1. The molecular weight excluding hydrogens is 214 g/mol. The van der Waals surface area contributed by atoms with Gasteiger partial charge in [0.1, 0.15) is 5.75 Å². The van der Waals surface area contributed by atoms with Gasteiger partial charge in [-0.15, -0.1) is 6.58 Å². The van der Waals surface area contributed by atoms with Crippen LogP contribution in [0.25, 0.3) is 0 Å². The Kier molecular flexibility index (Phi) is 4.32. The summed E-state index contributed by atoms with van der Waals surface area (Å²) in [5.74, 6) is -0.0154. The number of rotatable bonds is 4. The van der Waals surface area contributed by atoms with Crippen LogP contribution in [0.2, 0.25) is 0 Å². The van der Waals surface area contributed by atoms with Crippen molar-refractivity contribution in [1.82, 2.24) is 4.90 Å². The van der Waals surface area contributed by atoms with Crippen LogP contribution in [0.3, 0.4) is 0 Å². The summed E-state index contributed by atoms with van der Waals surface area (Å²) in [6.45, 7) is 5.65. The van der Waals surface area contributed by atoms with E-state index in [1.54, 1.807) is 43.3 Å². The lowest BCUT2D eigenvalue weighted by molar-refractivity contribution is -0.132. The zero-order valence-electron chi connectivity index (χ0n) is 10.6. The van der Waals surface area contributed by atoms with Crippen LogP contribution in [-0.2, 0) is 4.79 Å². The minimum atomic E-state index is -0.190.